The Bertz CT molecular complexity index is 715. The molecule has 0 spiro atoms. The molecule has 0 radical (unpaired) electrons. The number of ether oxygens (including phenoxy) is 2. The topological polar surface area (TPSA) is 67.8 Å². The van der Waals surface area contributed by atoms with Crippen LogP contribution in [0.4, 0.5) is 0 Å². The van der Waals surface area contributed by atoms with Gasteiger partial charge in [0.15, 0.2) is 11.5 Å². The van der Waals surface area contributed by atoms with E-state index in [0.717, 1.165) is 11.1 Å². The molecule has 2 rings (SSSR count). The van der Waals surface area contributed by atoms with E-state index in [4.69, 9.17) is 14.6 Å². The summed E-state index contributed by atoms with van der Waals surface area (Å²) in [6.07, 6.45) is 0. The molecule has 1 unspecified atom stereocenters. The lowest BCUT2D eigenvalue weighted by Gasteiger charge is -2.15. The first-order valence-electron chi connectivity index (χ1n) is 8.40. The van der Waals surface area contributed by atoms with Gasteiger partial charge in [-0.1, -0.05) is 35.9 Å². The number of benzene rings is 2. The molecule has 0 aliphatic carbocycles. The second kappa shape index (κ2) is 9.08. The van der Waals surface area contributed by atoms with Crippen LogP contribution in [0.15, 0.2) is 42.5 Å². The second-order valence-corrected chi connectivity index (χ2v) is 5.93. The molecule has 0 saturated carbocycles. The fourth-order valence-electron chi connectivity index (χ4n) is 2.37. The number of rotatable bonds is 9. The van der Waals surface area contributed by atoms with Gasteiger partial charge in [-0.15, -0.1) is 0 Å². The van der Waals surface area contributed by atoms with Gasteiger partial charge in [-0.3, -0.25) is 4.79 Å². The average molecular weight is 343 g/mol. The molecule has 0 aromatic heterocycles. The van der Waals surface area contributed by atoms with Crippen LogP contribution in [0.25, 0.3) is 0 Å². The molecule has 134 valence electrons. The molecule has 0 heterocycles. The van der Waals surface area contributed by atoms with Gasteiger partial charge < -0.3 is 19.9 Å². The van der Waals surface area contributed by atoms with Crippen LogP contribution in [0, 0.1) is 6.92 Å². The molecule has 2 N–H and O–H groups in total. The van der Waals surface area contributed by atoms with E-state index in [1.165, 1.54) is 5.56 Å². The minimum absolute atomic E-state index is 0.450. The fraction of sp³-hybridized carbons (Fsp3) is 0.350. The number of nitrogens with one attached hydrogen (secondary N) is 1. The predicted octanol–water partition coefficient (Wildman–Crippen LogP) is 3.54. The Balaban J connectivity index is 2.05. The van der Waals surface area contributed by atoms with Crippen molar-refractivity contribution in [2.45, 2.75) is 40.0 Å². The van der Waals surface area contributed by atoms with Crippen molar-refractivity contribution in [3.05, 3.63) is 59.2 Å². The first-order valence-corrected chi connectivity index (χ1v) is 8.40. The summed E-state index contributed by atoms with van der Waals surface area (Å²) in [6, 6.07) is 13.2. The molecule has 0 fully saturated rings. The van der Waals surface area contributed by atoms with Crippen molar-refractivity contribution in [2.75, 3.05) is 6.61 Å². The lowest BCUT2D eigenvalue weighted by atomic mass is 10.1. The summed E-state index contributed by atoms with van der Waals surface area (Å²) in [4.78, 5) is 10.9. The van der Waals surface area contributed by atoms with Crippen molar-refractivity contribution in [1.29, 1.82) is 0 Å². The van der Waals surface area contributed by atoms with E-state index in [0.29, 0.717) is 31.3 Å². The van der Waals surface area contributed by atoms with Crippen LogP contribution in [0.5, 0.6) is 11.5 Å². The summed E-state index contributed by atoms with van der Waals surface area (Å²) < 4.78 is 11.6. The second-order valence-electron chi connectivity index (χ2n) is 5.93. The van der Waals surface area contributed by atoms with Gasteiger partial charge in [-0.05, 0) is 44.0 Å². The standard InChI is InChI=1S/C20H25NO4/c1-4-24-19-11-16(12-21-15(3)20(22)23)8-9-18(19)25-13-17-7-5-6-14(2)10-17/h5-11,15,21H,4,12-13H2,1-3H3,(H,22,23). The van der Waals surface area contributed by atoms with E-state index in [1.807, 2.05) is 37.3 Å². The largest absolute Gasteiger partial charge is 0.490 e. The normalized spacial score (nSPS) is 11.8. The molecular formula is C20H25NO4. The van der Waals surface area contributed by atoms with E-state index < -0.39 is 12.0 Å². The lowest BCUT2D eigenvalue weighted by molar-refractivity contribution is -0.139. The summed E-state index contributed by atoms with van der Waals surface area (Å²) in [6.45, 7) is 7.03. The van der Waals surface area contributed by atoms with Crippen molar-refractivity contribution in [2.24, 2.45) is 0 Å². The highest BCUT2D eigenvalue weighted by molar-refractivity contribution is 5.72. The molecule has 0 aliphatic rings. The van der Waals surface area contributed by atoms with Crippen molar-refractivity contribution in [3.63, 3.8) is 0 Å². The van der Waals surface area contributed by atoms with E-state index in [9.17, 15) is 4.79 Å². The van der Waals surface area contributed by atoms with E-state index >= 15 is 0 Å². The van der Waals surface area contributed by atoms with Gasteiger partial charge in [0.25, 0.3) is 0 Å². The number of hydrogen-bond donors (Lipinski definition) is 2. The van der Waals surface area contributed by atoms with Gasteiger partial charge in [-0.25, -0.2) is 0 Å². The van der Waals surface area contributed by atoms with Crippen LogP contribution in [0.1, 0.15) is 30.5 Å². The summed E-state index contributed by atoms with van der Waals surface area (Å²) in [7, 11) is 0. The van der Waals surface area contributed by atoms with Crippen molar-refractivity contribution in [1.82, 2.24) is 5.32 Å². The smallest absolute Gasteiger partial charge is 0.320 e. The SMILES string of the molecule is CCOc1cc(CNC(C)C(=O)O)ccc1OCc1cccc(C)c1. The molecule has 0 aliphatic heterocycles. The summed E-state index contributed by atoms with van der Waals surface area (Å²) in [5.74, 6) is 0.471. The van der Waals surface area contributed by atoms with Crippen LogP contribution in [0.3, 0.4) is 0 Å². The number of aryl methyl sites for hydroxylation is 1. The number of carboxylic acids is 1. The zero-order chi connectivity index (χ0) is 18.2. The zero-order valence-corrected chi connectivity index (χ0v) is 14.9. The molecule has 2 aromatic carbocycles. The Morgan fingerprint density at radius 1 is 1.12 bits per heavy atom. The Morgan fingerprint density at radius 2 is 1.92 bits per heavy atom. The molecule has 5 nitrogen and oxygen atoms in total. The maximum Gasteiger partial charge on any atom is 0.320 e. The minimum atomic E-state index is -0.872. The molecule has 25 heavy (non-hydrogen) atoms. The number of carboxylic acid groups (broad SMARTS) is 1. The third-order valence-electron chi connectivity index (χ3n) is 3.77. The van der Waals surface area contributed by atoms with Crippen molar-refractivity contribution in [3.8, 4) is 11.5 Å². The van der Waals surface area contributed by atoms with Crippen LogP contribution >= 0.6 is 0 Å². The predicted molar refractivity (Wildman–Crippen MR) is 97.1 cm³/mol. The fourth-order valence-corrected chi connectivity index (χ4v) is 2.37. The Hall–Kier alpha value is -2.53. The number of hydrogen-bond acceptors (Lipinski definition) is 4. The maximum atomic E-state index is 10.9. The third-order valence-corrected chi connectivity index (χ3v) is 3.77. The summed E-state index contributed by atoms with van der Waals surface area (Å²) in [5, 5.41) is 11.9. The number of aliphatic carboxylic acids is 1. The number of carbonyl (C=O) groups is 1. The van der Waals surface area contributed by atoms with Gasteiger partial charge in [0.2, 0.25) is 0 Å². The van der Waals surface area contributed by atoms with E-state index in [-0.39, 0.29) is 0 Å². The highest BCUT2D eigenvalue weighted by atomic mass is 16.5. The first-order chi connectivity index (χ1) is 12.0. The Labute approximate surface area is 148 Å². The molecule has 2 aromatic rings. The molecule has 0 bridgehead atoms. The highest BCUT2D eigenvalue weighted by Gasteiger charge is 2.11. The van der Waals surface area contributed by atoms with Gasteiger partial charge >= 0.3 is 5.97 Å². The van der Waals surface area contributed by atoms with E-state index in [1.54, 1.807) is 6.92 Å². The molecule has 5 heteroatoms. The van der Waals surface area contributed by atoms with Crippen LogP contribution in [-0.4, -0.2) is 23.7 Å². The van der Waals surface area contributed by atoms with Gasteiger partial charge in [-0.2, -0.15) is 0 Å². The van der Waals surface area contributed by atoms with Crippen LogP contribution in [-0.2, 0) is 17.9 Å². The first kappa shape index (κ1) is 18.8. The molecule has 1 atom stereocenters. The summed E-state index contributed by atoms with van der Waals surface area (Å²) in [5.41, 5.74) is 3.24. The lowest BCUT2D eigenvalue weighted by Crippen LogP contribution is -2.33. The van der Waals surface area contributed by atoms with Crippen LogP contribution in [0.2, 0.25) is 0 Å². The monoisotopic (exact) mass is 343 g/mol. The maximum absolute atomic E-state index is 10.9. The Morgan fingerprint density at radius 3 is 2.60 bits per heavy atom. The zero-order valence-electron chi connectivity index (χ0n) is 14.9. The Kier molecular flexibility index (Phi) is 6.83. The molecule has 0 amide bonds. The van der Waals surface area contributed by atoms with Crippen LogP contribution < -0.4 is 14.8 Å². The van der Waals surface area contributed by atoms with Crippen molar-refractivity contribution >= 4 is 5.97 Å². The average Bonchev–Trinajstić information content (AvgIpc) is 2.59. The molecule has 0 saturated heterocycles. The van der Waals surface area contributed by atoms with E-state index in [2.05, 4.69) is 24.4 Å². The third kappa shape index (κ3) is 5.80. The van der Waals surface area contributed by atoms with Gasteiger partial charge in [0, 0.05) is 6.54 Å². The summed E-state index contributed by atoms with van der Waals surface area (Å²) >= 11 is 0. The minimum Gasteiger partial charge on any atom is -0.490 e. The van der Waals surface area contributed by atoms with Gasteiger partial charge in [0.05, 0.1) is 6.61 Å². The van der Waals surface area contributed by atoms with Crippen molar-refractivity contribution < 1.29 is 19.4 Å². The van der Waals surface area contributed by atoms with Gasteiger partial charge in [0.1, 0.15) is 12.6 Å². The molecular weight excluding hydrogens is 318 g/mol. The highest BCUT2D eigenvalue weighted by Crippen LogP contribution is 2.29. The quantitative estimate of drug-likeness (QED) is 0.729.